The summed E-state index contributed by atoms with van der Waals surface area (Å²) in [4.78, 5) is 10.2. The first kappa shape index (κ1) is 17.3. The van der Waals surface area contributed by atoms with E-state index in [4.69, 9.17) is 5.11 Å². The third kappa shape index (κ3) is 8.93. The van der Waals surface area contributed by atoms with Crippen LogP contribution in [0.1, 0.15) is 26.3 Å². The maximum absolute atomic E-state index is 12.2. The minimum Gasteiger partial charge on any atom is -0.480 e. The van der Waals surface area contributed by atoms with Crippen LogP contribution in [0, 0.1) is 5.92 Å². The van der Waals surface area contributed by atoms with Crippen LogP contribution < -0.4 is 5.32 Å². The predicted molar refractivity (Wildman–Crippen MR) is 68.1 cm³/mol. The normalized spacial score (nSPS) is 10.7. The molecule has 0 aliphatic heterocycles. The zero-order valence-electron chi connectivity index (χ0n) is 11.1. The summed E-state index contributed by atoms with van der Waals surface area (Å²) in [6.07, 6.45) is -4.42. The zero-order chi connectivity index (χ0) is 15.1. The van der Waals surface area contributed by atoms with Crippen molar-refractivity contribution in [2.45, 2.75) is 26.9 Å². The van der Waals surface area contributed by atoms with E-state index in [1.54, 1.807) is 0 Å². The highest BCUT2D eigenvalue weighted by atomic mass is 19.4. The average Bonchev–Trinajstić information content (AvgIpc) is 2.25. The largest absolute Gasteiger partial charge is 0.480 e. The number of carboxylic acid groups (broad SMARTS) is 1. The van der Waals surface area contributed by atoms with Crippen LogP contribution in [0.3, 0.4) is 0 Å². The van der Waals surface area contributed by atoms with E-state index in [2.05, 4.69) is 26.1 Å². The summed E-state index contributed by atoms with van der Waals surface area (Å²) in [5.41, 5.74) is -0.676. The van der Waals surface area contributed by atoms with Crippen molar-refractivity contribution >= 4 is 11.7 Å². The first-order chi connectivity index (χ1) is 8.62. The van der Waals surface area contributed by atoms with E-state index in [9.17, 15) is 18.0 Å². The van der Waals surface area contributed by atoms with Gasteiger partial charge in [0.1, 0.15) is 6.54 Å². The molecule has 0 heterocycles. The molecule has 0 amide bonds. The summed E-state index contributed by atoms with van der Waals surface area (Å²) in [6.45, 7) is 6.08. The van der Waals surface area contributed by atoms with Gasteiger partial charge in [-0.1, -0.05) is 26.8 Å². The summed E-state index contributed by atoms with van der Waals surface area (Å²) < 4.78 is 36.7. The third-order valence-electron chi connectivity index (χ3n) is 1.63. The third-order valence-corrected chi connectivity index (χ3v) is 1.63. The summed E-state index contributed by atoms with van der Waals surface area (Å²) in [5, 5.41) is 10.7. The van der Waals surface area contributed by atoms with Gasteiger partial charge in [0, 0.05) is 5.69 Å². The van der Waals surface area contributed by atoms with Crippen LogP contribution in [-0.2, 0) is 11.0 Å². The van der Waals surface area contributed by atoms with Gasteiger partial charge in [-0.15, -0.1) is 0 Å². The Labute approximate surface area is 110 Å². The van der Waals surface area contributed by atoms with Gasteiger partial charge >= 0.3 is 12.1 Å². The average molecular weight is 277 g/mol. The second-order valence-corrected chi connectivity index (χ2v) is 4.56. The SMILES string of the molecule is CC(C)C.O=C(O)CNc1cccc(C(F)(F)F)c1. The molecule has 0 saturated carbocycles. The second kappa shape index (κ2) is 7.66. The summed E-state index contributed by atoms with van der Waals surface area (Å²) in [6, 6.07) is 4.38. The molecule has 1 rings (SSSR count). The van der Waals surface area contributed by atoms with E-state index in [1.807, 2.05) is 0 Å². The van der Waals surface area contributed by atoms with E-state index in [0.717, 1.165) is 18.1 Å². The fourth-order valence-electron chi connectivity index (χ4n) is 0.983. The zero-order valence-corrected chi connectivity index (χ0v) is 11.1. The highest BCUT2D eigenvalue weighted by molar-refractivity contribution is 5.72. The number of carboxylic acids is 1. The van der Waals surface area contributed by atoms with Gasteiger partial charge in [0.2, 0.25) is 0 Å². The second-order valence-electron chi connectivity index (χ2n) is 4.56. The number of nitrogens with one attached hydrogen (secondary N) is 1. The molecule has 0 radical (unpaired) electrons. The van der Waals surface area contributed by atoms with Gasteiger partial charge in [-0.05, 0) is 24.1 Å². The van der Waals surface area contributed by atoms with E-state index < -0.39 is 24.3 Å². The van der Waals surface area contributed by atoms with E-state index >= 15 is 0 Å². The lowest BCUT2D eigenvalue weighted by atomic mass is 10.2. The molecular weight excluding hydrogens is 259 g/mol. The molecule has 0 aliphatic carbocycles. The lowest BCUT2D eigenvalue weighted by Gasteiger charge is -2.09. The molecule has 2 N–H and O–H groups in total. The number of alkyl halides is 3. The van der Waals surface area contributed by atoms with Crippen LogP contribution in [-0.4, -0.2) is 17.6 Å². The van der Waals surface area contributed by atoms with Crippen molar-refractivity contribution in [1.29, 1.82) is 0 Å². The number of rotatable bonds is 3. The Morgan fingerprint density at radius 3 is 2.26 bits per heavy atom. The smallest absolute Gasteiger partial charge is 0.416 e. The maximum Gasteiger partial charge on any atom is 0.416 e. The van der Waals surface area contributed by atoms with Gasteiger partial charge in [0.25, 0.3) is 0 Å². The number of anilines is 1. The molecule has 0 aromatic heterocycles. The Kier molecular flexibility index (Phi) is 6.96. The molecule has 0 atom stereocenters. The fourth-order valence-corrected chi connectivity index (χ4v) is 0.983. The van der Waals surface area contributed by atoms with Crippen LogP contribution in [0.25, 0.3) is 0 Å². The number of carbonyl (C=O) groups is 1. The Bertz CT molecular complexity index is 400. The van der Waals surface area contributed by atoms with Crippen molar-refractivity contribution in [3.8, 4) is 0 Å². The molecule has 108 valence electrons. The summed E-state index contributed by atoms with van der Waals surface area (Å²) in [7, 11) is 0. The van der Waals surface area contributed by atoms with Crippen molar-refractivity contribution in [2.75, 3.05) is 11.9 Å². The van der Waals surface area contributed by atoms with Crippen molar-refractivity contribution < 1.29 is 23.1 Å². The molecule has 0 fully saturated rings. The summed E-state index contributed by atoms with van der Waals surface area (Å²) in [5.74, 6) is -0.299. The number of aliphatic carboxylic acids is 1. The molecule has 0 saturated heterocycles. The number of hydrogen-bond acceptors (Lipinski definition) is 2. The Balaban J connectivity index is 0.000000711. The van der Waals surface area contributed by atoms with Crippen LogP contribution in [0.4, 0.5) is 18.9 Å². The molecule has 0 unspecified atom stereocenters. The van der Waals surface area contributed by atoms with Gasteiger partial charge in [-0.3, -0.25) is 4.79 Å². The molecule has 0 bridgehead atoms. The highest BCUT2D eigenvalue weighted by Crippen LogP contribution is 2.30. The van der Waals surface area contributed by atoms with Gasteiger partial charge in [0.05, 0.1) is 5.56 Å². The topological polar surface area (TPSA) is 49.3 Å². The lowest BCUT2D eigenvalue weighted by molar-refractivity contribution is -0.137. The molecular formula is C13H18F3NO2. The molecule has 3 nitrogen and oxygen atoms in total. The van der Waals surface area contributed by atoms with Crippen molar-refractivity contribution in [1.82, 2.24) is 0 Å². The van der Waals surface area contributed by atoms with Crippen molar-refractivity contribution in [3.05, 3.63) is 29.8 Å². The van der Waals surface area contributed by atoms with Crippen molar-refractivity contribution in [3.63, 3.8) is 0 Å². The van der Waals surface area contributed by atoms with Gasteiger partial charge in [-0.25, -0.2) is 0 Å². The monoisotopic (exact) mass is 277 g/mol. The van der Waals surface area contributed by atoms with Gasteiger partial charge in [0.15, 0.2) is 0 Å². The number of hydrogen-bond donors (Lipinski definition) is 2. The van der Waals surface area contributed by atoms with Crippen LogP contribution >= 0.6 is 0 Å². The molecule has 0 aliphatic rings. The molecule has 1 aromatic rings. The quantitative estimate of drug-likeness (QED) is 0.882. The minimum absolute atomic E-state index is 0.132. The van der Waals surface area contributed by atoms with Gasteiger partial charge in [-0.2, -0.15) is 13.2 Å². The molecule has 19 heavy (non-hydrogen) atoms. The fraction of sp³-hybridized carbons (Fsp3) is 0.462. The first-order valence-corrected chi connectivity index (χ1v) is 5.76. The van der Waals surface area contributed by atoms with E-state index in [-0.39, 0.29) is 5.69 Å². The molecule has 6 heteroatoms. The molecule has 0 spiro atoms. The summed E-state index contributed by atoms with van der Waals surface area (Å²) >= 11 is 0. The van der Waals surface area contributed by atoms with Crippen molar-refractivity contribution in [2.24, 2.45) is 5.92 Å². The lowest BCUT2D eigenvalue weighted by Crippen LogP contribution is -2.13. The minimum atomic E-state index is -4.42. The molecule has 1 aromatic carbocycles. The Morgan fingerprint density at radius 1 is 1.32 bits per heavy atom. The van der Waals surface area contributed by atoms with E-state index in [1.165, 1.54) is 12.1 Å². The predicted octanol–water partition coefficient (Wildman–Crippen LogP) is 3.86. The Hall–Kier alpha value is -1.72. The maximum atomic E-state index is 12.2. The number of benzene rings is 1. The van der Waals surface area contributed by atoms with Crippen LogP contribution in [0.5, 0.6) is 0 Å². The van der Waals surface area contributed by atoms with E-state index in [0.29, 0.717) is 0 Å². The van der Waals surface area contributed by atoms with Crippen LogP contribution in [0.2, 0.25) is 0 Å². The first-order valence-electron chi connectivity index (χ1n) is 5.76. The number of halogens is 3. The van der Waals surface area contributed by atoms with Gasteiger partial charge < -0.3 is 10.4 Å². The standard InChI is InChI=1S/C9H8F3NO2.C4H10/c10-9(11,12)6-2-1-3-7(4-6)13-5-8(14)15;1-4(2)3/h1-4,13H,5H2,(H,14,15);4H,1-3H3. The van der Waals surface area contributed by atoms with Crippen LogP contribution in [0.15, 0.2) is 24.3 Å². The Morgan fingerprint density at radius 2 is 1.84 bits per heavy atom. The highest BCUT2D eigenvalue weighted by Gasteiger charge is 2.30.